The van der Waals surface area contributed by atoms with Gasteiger partial charge < -0.3 is 0 Å². The van der Waals surface area contributed by atoms with Gasteiger partial charge in [-0.1, -0.05) is 46.1 Å². The molecular formula is C16H28O. The SMILES string of the molecule is CCCC1=C(CCC)C(=O)CC(CC)(CC)C1. The molecule has 0 saturated heterocycles. The highest BCUT2D eigenvalue weighted by atomic mass is 16.1. The predicted molar refractivity (Wildman–Crippen MR) is 74.1 cm³/mol. The minimum Gasteiger partial charge on any atom is -0.295 e. The van der Waals surface area contributed by atoms with Crippen molar-refractivity contribution in [2.24, 2.45) is 5.41 Å². The number of hydrogen-bond acceptors (Lipinski definition) is 1. The zero-order valence-electron chi connectivity index (χ0n) is 12.1. The monoisotopic (exact) mass is 236 g/mol. The smallest absolute Gasteiger partial charge is 0.159 e. The third-order valence-electron chi connectivity index (χ3n) is 4.44. The molecule has 0 aromatic heterocycles. The Morgan fingerprint density at radius 3 is 2.00 bits per heavy atom. The van der Waals surface area contributed by atoms with E-state index in [1.54, 1.807) is 0 Å². The normalized spacial score (nSPS) is 19.9. The molecule has 0 fully saturated rings. The molecule has 0 spiro atoms. The first-order chi connectivity index (χ1) is 8.12. The van der Waals surface area contributed by atoms with Crippen molar-refractivity contribution >= 4 is 5.78 Å². The summed E-state index contributed by atoms with van der Waals surface area (Å²) in [6.45, 7) is 8.87. The average Bonchev–Trinajstić information content (AvgIpc) is 2.33. The highest BCUT2D eigenvalue weighted by Gasteiger charge is 2.36. The fourth-order valence-corrected chi connectivity index (χ4v) is 3.12. The van der Waals surface area contributed by atoms with E-state index in [1.165, 1.54) is 24.0 Å². The van der Waals surface area contributed by atoms with E-state index in [-0.39, 0.29) is 5.41 Å². The maximum atomic E-state index is 12.3. The van der Waals surface area contributed by atoms with Gasteiger partial charge in [0.1, 0.15) is 0 Å². The van der Waals surface area contributed by atoms with Gasteiger partial charge in [-0.3, -0.25) is 4.79 Å². The Balaban J connectivity index is 3.01. The lowest BCUT2D eigenvalue weighted by Gasteiger charge is -2.37. The number of allylic oxidation sites excluding steroid dienone is 2. The van der Waals surface area contributed by atoms with Crippen molar-refractivity contribution in [2.75, 3.05) is 0 Å². The van der Waals surface area contributed by atoms with Gasteiger partial charge >= 0.3 is 0 Å². The molecule has 0 N–H and O–H groups in total. The Hall–Kier alpha value is -0.590. The quantitative estimate of drug-likeness (QED) is 0.630. The van der Waals surface area contributed by atoms with Crippen LogP contribution in [0.4, 0.5) is 0 Å². The number of ketones is 1. The van der Waals surface area contributed by atoms with Crippen LogP contribution in [0.15, 0.2) is 11.1 Å². The van der Waals surface area contributed by atoms with Crippen LogP contribution >= 0.6 is 0 Å². The maximum absolute atomic E-state index is 12.3. The van der Waals surface area contributed by atoms with E-state index < -0.39 is 0 Å². The van der Waals surface area contributed by atoms with E-state index in [1.807, 2.05) is 0 Å². The molecule has 1 rings (SSSR count). The zero-order chi connectivity index (χ0) is 12.9. The Morgan fingerprint density at radius 2 is 1.53 bits per heavy atom. The van der Waals surface area contributed by atoms with E-state index >= 15 is 0 Å². The van der Waals surface area contributed by atoms with Crippen molar-refractivity contribution in [3.63, 3.8) is 0 Å². The zero-order valence-corrected chi connectivity index (χ0v) is 12.1. The molecule has 1 heteroatoms. The summed E-state index contributed by atoms with van der Waals surface area (Å²) in [5.41, 5.74) is 2.94. The molecule has 1 nitrogen and oxygen atoms in total. The third kappa shape index (κ3) is 3.20. The largest absolute Gasteiger partial charge is 0.295 e. The Morgan fingerprint density at radius 1 is 0.941 bits per heavy atom. The minimum absolute atomic E-state index is 0.277. The molecule has 17 heavy (non-hydrogen) atoms. The topological polar surface area (TPSA) is 17.1 Å². The number of hydrogen-bond donors (Lipinski definition) is 0. The van der Waals surface area contributed by atoms with E-state index in [4.69, 9.17) is 0 Å². The lowest BCUT2D eigenvalue weighted by Crippen LogP contribution is -2.30. The van der Waals surface area contributed by atoms with Crippen LogP contribution in [-0.4, -0.2) is 5.78 Å². The molecule has 1 aliphatic carbocycles. The Labute approximate surface area is 107 Å². The molecule has 0 atom stereocenters. The van der Waals surface area contributed by atoms with Crippen molar-refractivity contribution in [1.82, 2.24) is 0 Å². The summed E-state index contributed by atoms with van der Waals surface area (Å²) in [6.07, 6.45) is 8.64. The Bertz CT molecular complexity index is 295. The molecule has 0 bridgehead atoms. The van der Waals surface area contributed by atoms with E-state index in [0.717, 1.165) is 38.5 Å². The predicted octanol–water partition coefficient (Wildman–Crippen LogP) is 5.05. The molecule has 1 aliphatic rings. The van der Waals surface area contributed by atoms with Gasteiger partial charge in [-0.05, 0) is 43.1 Å². The highest BCUT2D eigenvalue weighted by molar-refractivity contribution is 5.97. The molecule has 0 saturated carbocycles. The van der Waals surface area contributed by atoms with Crippen LogP contribution in [0.2, 0.25) is 0 Å². The van der Waals surface area contributed by atoms with Gasteiger partial charge in [0, 0.05) is 6.42 Å². The van der Waals surface area contributed by atoms with Gasteiger partial charge in [0.15, 0.2) is 5.78 Å². The standard InChI is InChI=1S/C16H28O/c1-5-9-13-11-16(7-3,8-4)12-15(17)14(13)10-6-2/h5-12H2,1-4H3. The minimum atomic E-state index is 0.277. The first-order valence-electron chi connectivity index (χ1n) is 7.36. The maximum Gasteiger partial charge on any atom is 0.159 e. The molecule has 0 unspecified atom stereocenters. The fourth-order valence-electron chi connectivity index (χ4n) is 3.12. The van der Waals surface area contributed by atoms with Gasteiger partial charge in [-0.15, -0.1) is 0 Å². The number of rotatable bonds is 6. The lowest BCUT2D eigenvalue weighted by molar-refractivity contribution is -0.119. The van der Waals surface area contributed by atoms with Crippen molar-refractivity contribution in [3.05, 3.63) is 11.1 Å². The molecule has 98 valence electrons. The Kier molecular flexibility index (Phi) is 5.42. The number of carbonyl (C=O) groups excluding carboxylic acids is 1. The first-order valence-corrected chi connectivity index (χ1v) is 7.36. The van der Waals surface area contributed by atoms with Gasteiger partial charge in [0.25, 0.3) is 0 Å². The third-order valence-corrected chi connectivity index (χ3v) is 4.44. The van der Waals surface area contributed by atoms with Crippen molar-refractivity contribution in [1.29, 1.82) is 0 Å². The summed E-state index contributed by atoms with van der Waals surface area (Å²) in [7, 11) is 0. The number of Topliss-reactive ketones (excluding diaryl/α,β-unsaturated/α-hetero) is 1. The highest BCUT2D eigenvalue weighted by Crippen LogP contribution is 2.44. The average molecular weight is 236 g/mol. The van der Waals surface area contributed by atoms with E-state index in [0.29, 0.717) is 5.78 Å². The van der Waals surface area contributed by atoms with Gasteiger partial charge in [0.2, 0.25) is 0 Å². The molecule has 0 amide bonds. The van der Waals surface area contributed by atoms with Gasteiger partial charge in [-0.2, -0.15) is 0 Å². The molecule has 0 heterocycles. The van der Waals surface area contributed by atoms with Gasteiger partial charge in [-0.25, -0.2) is 0 Å². The van der Waals surface area contributed by atoms with Crippen LogP contribution in [0.3, 0.4) is 0 Å². The van der Waals surface area contributed by atoms with Crippen LogP contribution in [0, 0.1) is 5.41 Å². The first kappa shape index (κ1) is 14.5. The summed E-state index contributed by atoms with van der Waals surface area (Å²) in [5, 5.41) is 0. The molecule has 0 aromatic carbocycles. The van der Waals surface area contributed by atoms with Crippen molar-refractivity contribution in [2.45, 2.75) is 79.1 Å². The van der Waals surface area contributed by atoms with Crippen LogP contribution in [-0.2, 0) is 4.79 Å². The van der Waals surface area contributed by atoms with Gasteiger partial charge in [0.05, 0.1) is 0 Å². The van der Waals surface area contributed by atoms with Crippen molar-refractivity contribution in [3.8, 4) is 0 Å². The summed E-state index contributed by atoms with van der Waals surface area (Å²) in [6, 6.07) is 0. The molecule has 0 radical (unpaired) electrons. The molecule has 0 aromatic rings. The van der Waals surface area contributed by atoms with Crippen molar-refractivity contribution < 1.29 is 4.79 Å². The molecule has 0 aliphatic heterocycles. The summed E-state index contributed by atoms with van der Waals surface area (Å²) in [5.74, 6) is 0.449. The second-order valence-corrected chi connectivity index (χ2v) is 5.57. The van der Waals surface area contributed by atoms with E-state index in [9.17, 15) is 4.79 Å². The lowest BCUT2D eigenvalue weighted by atomic mass is 9.66. The fraction of sp³-hybridized carbons (Fsp3) is 0.812. The second kappa shape index (κ2) is 6.37. The summed E-state index contributed by atoms with van der Waals surface area (Å²) >= 11 is 0. The van der Waals surface area contributed by atoms with Crippen LogP contribution in [0.5, 0.6) is 0 Å². The van der Waals surface area contributed by atoms with Crippen LogP contribution < -0.4 is 0 Å². The summed E-state index contributed by atoms with van der Waals surface area (Å²) < 4.78 is 0. The van der Waals surface area contributed by atoms with Crippen LogP contribution in [0.25, 0.3) is 0 Å². The van der Waals surface area contributed by atoms with Crippen LogP contribution in [0.1, 0.15) is 79.1 Å². The second-order valence-electron chi connectivity index (χ2n) is 5.57. The summed E-state index contributed by atoms with van der Waals surface area (Å²) in [4.78, 5) is 12.3. The van der Waals surface area contributed by atoms with E-state index in [2.05, 4.69) is 27.7 Å². The molecular weight excluding hydrogens is 208 g/mol. The number of carbonyl (C=O) groups is 1.